The SMILES string of the molecule is N#CC#N.NC(N)=O.NN. The molecule has 0 spiro atoms. The Morgan fingerprint density at radius 1 is 1.10 bits per heavy atom. The molecule has 0 saturated heterocycles. The van der Waals surface area contributed by atoms with Crippen molar-refractivity contribution >= 4 is 6.03 Å². The molecule has 0 aromatic heterocycles. The maximum atomic E-state index is 9.00. The first kappa shape index (κ1) is 15.7. The minimum Gasteiger partial charge on any atom is -0.352 e. The Hall–Kier alpha value is -1.83. The van der Waals surface area contributed by atoms with E-state index in [1.54, 1.807) is 0 Å². The third-order valence-electron chi connectivity index (χ3n) is 0.0500. The van der Waals surface area contributed by atoms with Crippen LogP contribution in [0.1, 0.15) is 0 Å². The number of rotatable bonds is 0. The lowest BCUT2D eigenvalue weighted by atomic mass is 10.9. The zero-order valence-corrected chi connectivity index (χ0v) is 5.11. The Kier molecular flexibility index (Phi) is 42.7. The number of amides is 2. The lowest BCUT2D eigenvalue weighted by molar-refractivity contribution is 0.256. The molecule has 56 valence electrons. The number of urea groups is 1. The summed E-state index contributed by atoms with van der Waals surface area (Å²) in [5.74, 6) is 8.00. The van der Waals surface area contributed by atoms with Gasteiger partial charge >= 0.3 is 6.03 Å². The van der Waals surface area contributed by atoms with Crippen LogP contribution < -0.4 is 23.2 Å². The van der Waals surface area contributed by atoms with Crippen molar-refractivity contribution in [2.45, 2.75) is 0 Å². The highest BCUT2D eigenvalue weighted by Crippen LogP contribution is 1.27. The first-order valence-corrected chi connectivity index (χ1v) is 1.81. The highest BCUT2D eigenvalue weighted by Gasteiger charge is 1.60. The Morgan fingerprint density at radius 2 is 1.20 bits per heavy atom. The second kappa shape index (κ2) is 27.2. The van der Waals surface area contributed by atoms with E-state index in [2.05, 4.69) is 23.2 Å². The summed E-state index contributed by atoms with van der Waals surface area (Å²) in [6.07, 6.45) is 0. The van der Waals surface area contributed by atoms with E-state index >= 15 is 0 Å². The zero-order valence-electron chi connectivity index (χ0n) is 5.11. The number of nitriles is 2. The average Bonchev–Trinajstić information content (AvgIpc) is 1.91. The van der Waals surface area contributed by atoms with Gasteiger partial charge in [-0.1, -0.05) is 0 Å². The summed E-state index contributed by atoms with van der Waals surface area (Å²) in [5.41, 5.74) is 8.50. The van der Waals surface area contributed by atoms with Crippen molar-refractivity contribution in [2.75, 3.05) is 0 Å². The zero-order chi connectivity index (χ0) is 8.99. The standard InChI is InChI=1S/C2N2.CH4N2O.H4N2/c3-1-2-4;2-1(3)4;1-2/h;(H4,2,3,4);1-2H2. The summed E-state index contributed by atoms with van der Waals surface area (Å²) >= 11 is 0. The number of hydrazine groups is 1. The lowest BCUT2D eigenvalue weighted by Gasteiger charge is -1.62. The van der Waals surface area contributed by atoms with Crippen LogP contribution >= 0.6 is 0 Å². The van der Waals surface area contributed by atoms with E-state index in [4.69, 9.17) is 15.3 Å². The van der Waals surface area contributed by atoms with E-state index in [1.165, 1.54) is 12.1 Å². The van der Waals surface area contributed by atoms with Gasteiger partial charge in [-0.05, 0) is 0 Å². The highest BCUT2D eigenvalue weighted by atomic mass is 16.2. The van der Waals surface area contributed by atoms with Crippen LogP contribution in [0.2, 0.25) is 0 Å². The Balaban J connectivity index is -0.0000000787. The number of nitrogens with zero attached hydrogens (tertiary/aromatic N) is 2. The molecule has 0 heterocycles. The van der Waals surface area contributed by atoms with Crippen molar-refractivity contribution in [3.8, 4) is 12.1 Å². The maximum Gasteiger partial charge on any atom is 0.309 e. The summed E-state index contributed by atoms with van der Waals surface area (Å²) in [6.45, 7) is 0. The molecule has 0 aliphatic heterocycles. The van der Waals surface area contributed by atoms with Crippen molar-refractivity contribution in [1.29, 1.82) is 10.5 Å². The molecular weight excluding hydrogens is 136 g/mol. The predicted octanol–water partition coefficient (Wildman–Crippen LogP) is -2.12. The molecule has 2 amide bonds. The van der Waals surface area contributed by atoms with Gasteiger partial charge in [0.2, 0.25) is 0 Å². The number of primary amides is 2. The number of nitrogens with two attached hydrogens (primary N) is 4. The van der Waals surface area contributed by atoms with Gasteiger partial charge in [0, 0.05) is 0 Å². The molecule has 0 rings (SSSR count). The van der Waals surface area contributed by atoms with Crippen molar-refractivity contribution in [1.82, 2.24) is 0 Å². The minimum atomic E-state index is -0.833. The second-order valence-corrected chi connectivity index (χ2v) is 0.626. The molecule has 10 heavy (non-hydrogen) atoms. The van der Waals surface area contributed by atoms with Gasteiger partial charge in [-0.25, -0.2) is 4.79 Å². The second-order valence-electron chi connectivity index (χ2n) is 0.626. The van der Waals surface area contributed by atoms with Gasteiger partial charge < -0.3 is 11.5 Å². The molecule has 0 fully saturated rings. The normalized spacial score (nSPS) is 4.00. The van der Waals surface area contributed by atoms with Crippen molar-refractivity contribution in [3.63, 3.8) is 0 Å². The van der Waals surface area contributed by atoms with Gasteiger partial charge in [0.1, 0.15) is 0 Å². The van der Waals surface area contributed by atoms with E-state index < -0.39 is 6.03 Å². The topological polar surface area (TPSA) is 169 Å². The van der Waals surface area contributed by atoms with Crippen molar-refractivity contribution in [3.05, 3.63) is 0 Å². The quantitative estimate of drug-likeness (QED) is 0.224. The fraction of sp³-hybridized carbons (Fsp3) is 0. The third-order valence-corrected chi connectivity index (χ3v) is 0.0500. The van der Waals surface area contributed by atoms with E-state index in [0.29, 0.717) is 0 Å². The third kappa shape index (κ3) is 239. The Labute approximate surface area is 57.8 Å². The van der Waals surface area contributed by atoms with E-state index in [0.717, 1.165) is 0 Å². The fourth-order valence-electron chi connectivity index (χ4n) is 0. The Morgan fingerprint density at radius 3 is 1.20 bits per heavy atom. The summed E-state index contributed by atoms with van der Waals surface area (Å²) in [6, 6.07) is 1.64. The van der Waals surface area contributed by atoms with Crippen molar-refractivity contribution < 1.29 is 4.79 Å². The largest absolute Gasteiger partial charge is 0.352 e. The van der Waals surface area contributed by atoms with Crippen LogP contribution in [0.5, 0.6) is 0 Å². The molecular formula is C3H8N6O. The van der Waals surface area contributed by atoms with Crippen LogP contribution in [0, 0.1) is 22.7 Å². The average molecular weight is 144 g/mol. The minimum absolute atomic E-state index is 0.833. The monoisotopic (exact) mass is 144 g/mol. The Bertz CT molecular complexity index is 124. The van der Waals surface area contributed by atoms with Gasteiger partial charge in [0.25, 0.3) is 0 Å². The fourth-order valence-corrected chi connectivity index (χ4v) is 0. The van der Waals surface area contributed by atoms with E-state index in [-0.39, 0.29) is 0 Å². The predicted molar refractivity (Wildman–Crippen MR) is 33.4 cm³/mol. The summed E-state index contributed by atoms with van der Waals surface area (Å²) < 4.78 is 0. The molecule has 0 unspecified atom stereocenters. The van der Waals surface area contributed by atoms with Crippen LogP contribution in [0.3, 0.4) is 0 Å². The van der Waals surface area contributed by atoms with Gasteiger partial charge in [0.15, 0.2) is 12.1 Å². The molecule has 0 atom stereocenters. The molecule has 8 N–H and O–H groups in total. The molecule has 0 bridgehead atoms. The lowest BCUT2D eigenvalue weighted by Crippen LogP contribution is -2.18. The van der Waals surface area contributed by atoms with E-state index in [9.17, 15) is 0 Å². The molecule has 0 aromatic carbocycles. The molecule has 0 aliphatic carbocycles. The molecule has 0 saturated carbocycles. The van der Waals surface area contributed by atoms with Gasteiger partial charge in [-0.15, -0.1) is 0 Å². The molecule has 0 aromatic rings. The summed E-state index contributed by atoms with van der Waals surface area (Å²) in [7, 11) is 0. The van der Waals surface area contributed by atoms with Gasteiger partial charge in [0.05, 0.1) is 0 Å². The van der Waals surface area contributed by atoms with Gasteiger partial charge in [-0.3, -0.25) is 11.7 Å². The number of carbonyl (C=O) groups excluding carboxylic acids is 1. The van der Waals surface area contributed by atoms with Crippen molar-refractivity contribution in [2.24, 2.45) is 23.2 Å². The smallest absolute Gasteiger partial charge is 0.309 e. The number of carbonyl (C=O) groups is 1. The van der Waals surface area contributed by atoms with Crippen LogP contribution in [0.15, 0.2) is 0 Å². The number of hydrogen-bond acceptors (Lipinski definition) is 5. The maximum absolute atomic E-state index is 9.00. The molecule has 0 radical (unpaired) electrons. The molecule has 0 aliphatic rings. The number of hydrogen-bond donors (Lipinski definition) is 4. The van der Waals surface area contributed by atoms with Crippen LogP contribution in [-0.2, 0) is 0 Å². The van der Waals surface area contributed by atoms with Gasteiger partial charge in [-0.2, -0.15) is 10.5 Å². The summed E-state index contributed by atoms with van der Waals surface area (Å²) in [4.78, 5) is 9.00. The highest BCUT2D eigenvalue weighted by molar-refractivity contribution is 5.69. The summed E-state index contributed by atoms with van der Waals surface area (Å²) in [5, 5.41) is 14.5. The van der Waals surface area contributed by atoms with Crippen LogP contribution in [0.4, 0.5) is 4.79 Å². The molecule has 7 heteroatoms. The van der Waals surface area contributed by atoms with Crippen LogP contribution in [0.25, 0.3) is 0 Å². The first-order valence-electron chi connectivity index (χ1n) is 1.81. The molecule has 7 nitrogen and oxygen atoms in total. The first-order chi connectivity index (χ1) is 4.65. The van der Waals surface area contributed by atoms with E-state index in [1.807, 2.05) is 0 Å². The van der Waals surface area contributed by atoms with Crippen LogP contribution in [-0.4, -0.2) is 6.03 Å².